The molecule has 0 fully saturated rings. The van der Waals surface area contributed by atoms with Crippen LogP contribution in [0, 0.1) is 5.92 Å². The predicted molar refractivity (Wildman–Crippen MR) is 111 cm³/mol. The average Bonchev–Trinajstić information content (AvgIpc) is 2.65. The molecule has 0 saturated carbocycles. The van der Waals surface area contributed by atoms with Crippen molar-refractivity contribution in [3.63, 3.8) is 0 Å². The molecule has 1 rings (SSSR count). The molecular weight excluding hydrogens is 364 g/mol. The van der Waals surface area contributed by atoms with Gasteiger partial charge in [0, 0.05) is 37.9 Å². The molecule has 0 radical (unpaired) electrons. The van der Waals surface area contributed by atoms with Gasteiger partial charge in [-0.2, -0.15) is 0 Å². The lowest BCUT2D eigenvalue weighted by atomic mass is 9.88. The Hall–Kier alpha value is -0.940. The van der Waals surface area contributed by atoms with Gasteiger partial charge >= 0.3 is 0 Å². The van der Waals surface area contributed by atoms with E-state index in [0.29, 0.717) is 25.0 Å². The van der Waals surface area contributed by atoms with Crippen LogP contribution in [0.2, 0.25) is 0 Å². The van der Waals surface area contributed by atoms with Crippen LogP contribution >= 0.6 is 11.6 Å². The van der Waals surface area contributed by atoms with Crippen LogP contribution < -0.4 is 0 Å². The topological polar surface area (TPSA) is 44.8 Å². The highest BCUT2D eigenvalue weighted by atomic mass is 35.5. The molecule has 4 nitrogen and oxygen atoms in total. The number of Topliss-reactive ketones (excluding diaryl/α,β-unsaturated/α-hetero) is 1. The van der Waals surface area contributed by atoms with Gasteiger partial charge in [-0.1, -0.05) is 49.7 Å². The summed E-state index contributed by atoms with van der Waals surface area (Å²) >= 11 is 5.44. The smallest absolute Gasteiger partial charge is 0.159 e. The van der Waals surface area contributed by atoms with Crippen molar-refractivity contribution in [2.24, 2.45) is 5.92 Å². The molecule has 1 unspecified atom stereocenters. The van der Waals surface area contributed by atoms with E-state index in [4.69, 9.17) is 25.8 Å². The minimum absolute atomic E-state index is 0.102. The number of rotatable bonds is 16. The molecular formula is C22H35ClO4. The normalized spacial score (nSPS) is 12.5. The number of hydrogen-bond donors (Lipinski definition) is 0. The van der Waals surface area contributed by atoms with E-state index in [0.717, 1.165) is 51.1 Å². The fourth-order valence-electron chi connectivity index (χ4n) is 2.82. The second kappa shape index (κ2) is 15.0. The molecule has 1 aromatic carbocycles. The van der Waals surface area contributed by atoms with E-state index in [2.05, 4.69) is 26.0 Å². The maximum absolute atomic E-state index is 11.4. The highest BCUT2D eigenvalue weighted by Gasteiger charge is 2.16. The quantitative estimate of drug-likeness (QED) is 0.211. The maximum Gasteiger partial charge on any atom is 0.159 e. The number of halogens is 1. The van der Waals surface area contributed by atoms with Gasteiger partial charge in [0.25, 0.3) is 0 Å². The van der Waals surface area contributed by atoms with E-state index in [-0.39, 0.29) is 11.8 Å². The molecule has 0 saturated heterocycles. The fraction of sp³-hybridized carbons (Fsp3) is 0.682. The first kappa shape index (κ1) is 24.1. The molecule has 27 heavy (non-hydrogen) atoms. The Labute approximate surface area is 169 Å². The Morgan fingerprint density at radius 1 is 0.889 bits per heavy atom. The van der Waals surface area contributed by atoms with Gasteiger partial charge < -0.3 is 14.2 Å². The Balaban J connectivity index is 2.14. The van der Waals surface area contributed by atoms with Crippen molar-refractivity contribution in [1.29, 1.82) is 0 Å². The van der Waals surface area contributed by atoms with Crippen molar-refractivity contribution in [2.45, 2.75) is 52.4 Å². The zero-order valence-electron chi connectivity index (χ0n) is 17.0. The standard InChI is InChI=1S/C22H35ClO4/c1-18(2)22(21-10-8-20(9-11-21)19(3)24)16-26-14-6-4-12-25-13-5-7-15-27-17-23/h8-11,18,22H,4-7,12-17H2,1-3H3. The van der Waals surface area contributed by atoms with E-state index >= 15 is 0 Å². The van der Waals surface area contributed by atoms with Gasteiger partial charge in [0.1, 0.15) is 6.07 Å². The Morgan fingerprint density at radius 2 is 1.41 bits per heavy atom. The van der Waals surface area contributed by atoms with Crippen LogP contribution in [-0.4, -0.2) is 44.9 Å². The van der Waals surface area contributed by atoms with Crippen LogP contribution in [0.15, 0.2) is 24.3 Å². The second-order valence-corrected chi connectivity index (χ2v) is 7.37. The molecule has 0 heterocycles. The van der Waals surface area contributed by atoms with E-state index in [1.165, 1.54) is 5.56 Å². The van der Waals surface area contributed by atoms with E-state index in [1.54, 1.807) is 6.92 Å². The third-order valence-corrected chi connectivity index (χ3v) is 4.73. The summed E-state index contributed by atoms with van der Waals surface area (Å²) in [5.41, 5.74) is 1.99. The first-order valence-corrected chi connectivity index (χ1v) is 10.5. The van der Waals surface area contributed by atoms with Gasteiger partial charge in [-0.25, -0.2) is 0 Å². The van der Waals surface area contributed by atoms with Gasteiger partial charge in [0.2, 0.25) is 0 Å². The molecule has 0 aliphatic rings. The van der Waals surface area contributed by atoms with Crippen LogP contribution in [0.5, 0.6) is 0 Å². The minimum Gasteiger partial charge on any atom is -0.381 e. The number of benzene rings is 1. The molecule has 0 amide bonds. The van der Waals surface area contributed by atoms with Crippen molar-refractivity contribution in [3.05, 3.63) is 35.4 Å². The summed E-state index contributed by atoms with van der Waals surface area (Å²) in [6.45, 7) is 9.73. The molecule has 0 aromatic heterocycles. The minimum atomic E-state index is 0.102. The monoisotopic (exact) mass is 398 g/mol. The van der Waals surface area contributed by atoms with Crippen LogP contribution in [0.25, 0.3) is 0 Å². The summed E-state index contributed by atoms with van der Waals surface area (Å²) < 4.78 is 16.6. The first-order valence-electron chi connectivity index (χ1n) is 9.96. The molecule has 0 aliphatic carbocycles. The van der Waals surface area contributed by atoms with E-state index < -0.39 is 0 Å². The SMILES string of the molecule is CC(=O)c1ccc(C(COCCCCOCCCCOCCl)C(C)C)cc1. The number of ketones is 1. The Kier molecular flexibility index (Phi) is 13.4. The van der Waals surface area contributed by atoms with Crippen molar-refractivity contribution < 1.29 is 19.0 Å². The van der Waals surface area contributed by atoms with E-state index in [9.17, 15) is 4.79 Å². The van der Waals surface area contributed by atoms with Crippen LogP contribution in [0.1, 0.15) is 68.3 Å². The summed E-state index contributed by atoms with van der Waals surface area (Å²) in [5, 5.41) is 0. The maximum atomic E-state index is 11.4. The van der Waals surface area contributed by atoms with Gasteiger partial charge in [-0.3, -0.25) is 4.79 Å². The zero-order chi connectivity index (χ0) is 19.9. The number of unbranched alkanes of at least 4 members (excludes halogenated alkanes) is 2. The lowest BCUT2D eigenvalue weighted by Gasteiger charge is -2.21. The highest BCUT2D eigenvalue weighted by molar-refractivity contribution is 6.17. The fourth-order valence-corrected chi connectivity index (χ4v) is 2.93. The summed E-state index contributed by atoms with van der Waals surface area (Å²) in [7, 11) is 0. The number of ether oxygens (including phenoxy) is 3. The molecule has 0 N–H and O–H groups in total. The van der Waals surface area contributed by atoms with Crippen LogP contribution in [0.4, 0.5) is 0 Å². The van der Waals surface area contributed by atoms with Gasteiger partial charge in [-0.05, 0) is 44.1 Å². The second-order valence-electron chi connectivity index (χ2n) is 7.15. The third kappa shape index (κ3) is 10.8. The summed E-state index contributed by atoms with van der Waals surface area (Å²) in [5.74, 6) is 0.932. The van der Waals surface area contributed by atoms with Crippen molar-refractivity contribution in [2.75, 3.05) is 39.1 Å². The lowest BCUT2D eigenvalue weighted by Crippen LogP contribution is -2.15. The van der Waals surface area contributed by atoms with E-state index in [1.807, 2.05) is 12.1 Å². The number of carbonyl (C=O) groups excluding carboxylic acids is 1. The Bertz CT molecular complexity index is 502. The molecule has 1 atom stereocenters. The van der Waals surface area contributed by atoms with Crippen LogP contribution in [0.3, 0.4) is 0 Å². The van der Waals surface area contributed by atoms with Gasteiger partial charge in [-0.15, -0.1) is 0 Å². The van der Waals surface area contributed by atoms with Crippen molar-refractivity contribution >= 4 is 17.4 Å². The summed E-state index contributed by atoms with van der Waals surface area (Å²) in [6, 6.07) is 8.19. The van der Waals surface area contributed by atoms with Crippen molar-refractivity contribution in [3.8, 4) is 0 Å². The molecule has 0 spiro atoms. The molecule has 154 valence electrons. The first-order chi connectivity index (χ1) is 13.1. The average molecular weight is 399 g/mol. The molecule has 0 bridgehead atoms. The molecule has 5 heteroatoms. The predicted octanol–water partition coefficient (Wildman–Crippen LogP) is 5.44. The van der Waals surface area contributed by atoms with Crippen molar-refractivity contribution in [1.82, 2.24) is 0 Å². The summed E-state index contributed by atoms with van der Waals surface area (Å²) in [6.07, 6.45) is 4.01. The van der Waals surface area contributed by atoms with Crippen LogP contribution in [-0.2, 0) is 14.2 Å². The molecule has 1 aromatic rings. The third-order valence-electron chi connectivity index (χ3n) is 4.58. The lowest BCUT2D eigenvalue weighted by molar-refractivity contribution is 0.0857. The highest BCUT2D eigenvalue weighted by Crippen LogP contribution is 2.25. The summed E-state index contributed by atoms with van der Waals surface area (Å²) in [4.78, 5) is 11.4. The number of carbonyl (C=O) groups is 1. The largest absolute Gasteiger partial charge is 0.381 e. The Morgan fingerprint density at radius 3 is 1.89 bits per heavy atom. The number of hydrogen-bond acceptors (Lipinski definition) is 4. The number of alkyl halides is 1. The van der Waals surface area contributed by atoms with Gasteiger partial charge in [0.05, 0.1) is 6.61 Å². The zero-order valence-corrected chi connectivity index (χ0v) is 17.8. The van der Waals surface area contributed by atoms with Gasteiger partial charge in [0.15, 0.2) is 5.78 Å². The molecule has 0 aliphatic heterocycles.